The molecule has 1 aromatic rings. The Morgan fingerprint density at radius 1 is 1.12 bits per heavy atom. The Hall–Kier alpha value is -2.15. The summed E-state index contributed by atoms with van der Waals surface area (Å²) in [5.74, 6) is 1.27. The Balaban J connectivity index is 1.59. The minimum Gasteiger partial charge on any atom is -0.490 e. The molecular weight excluding hydrogens is 326 g/mol. The van der Waals surface area contributed by atoms with E-state index in [9.17, 15) is 8.42 Å². The molecule has 4 rings (SSSR count). The van der Waals surface area contributed by atoms with Gasteiger partial charge in [0.15, 0.2) is 5.84 Å². The van der Waals surface area contributed by atoms with Gasteiger partial charge in [0.1, 0.15) is 11.5 Å². The number of aliphatic imine (C=N–C) groups is 1. The molecule has 0 radical (unpaired) electrons. The second-order valence-electron chi connectivity index (χ2n) is 6.22. The first-order valence-electron chi connectivity index (χ1n) is 8.22. The smallest absolute Gasteiger partial charge is 0.256 e. The predicted octanol–water partition coefficient (Wildman–Crippen LogP) is 2.33. The number of fused-ring (bicyclic) bond motifs is 1. The maximum absolute atomic E-state index is 11.8. The van der Waals surface area contributed by atoms with Gasteiger partial charge in [0.05, 0.1) is 11.9 Å². The van der Waals surface area contributed by atoms with Crippen LogP contribution in [0.5, 0.6) is 5.75 Å². The molecular formula is C17H19N3O3S. The molecule has 0 saturated heterocycles. The maximum atomic E-state index is 11.8. The second-order valence-corrected chi connectivity index (χ2v) is 7.97. The number of hydrogen-bond acceptors (Lipinski definition) is 5. The van der Waals surface area contributed by atoms with Crippen molar-refractivity contribution in [3.63, 3.8) is 0 Å². The SMILES string of the molecule is O=S1(=O)CCN2C=CN=C(c3ccc(OC4CCCC4)cc3)C2=N1. The Bertz CT molecular complexity index is 819. The van der Waals surface area contributed by atoms with Crippen molar-refractivity contribution in [2.75, 3.05) is 12.3 Å². The van der Waals surface area contributed by atoms with Gasteiger partial charge in [0, 0.05) is 24.5 Å². The van der Waals surface area contributed by atoms with Gasteiger partial charge in [-0.05, 0) is 49.9 Å². The molecule has 0 unspecified atom stereocenters. The summed E-state index contributed by atoms with van der Waals surface area (Å²) in [6.45, 7) is 0.402. The normalized spacial score (nSPS) is 22.8. The quantitative estimate of drug-likeness (QED) is 0.843. The highest BCUT2D eigenvalue weighted by Crippen LogP contribution is 2.25. The molecule has 1 aliphatic carbocycles. The highest BCUT2D eigenvalue weighted by atomic mass is 32.2. The van der Waals surface area contributed by atoms with E-state index in [0.29, 0.717) is 24.2 Å². The van der Waals surface area contributed by atoms with Crippen molar-refractivity contribution in [2.45, 2.75) is 31.8 Å². The molecule has 2 heterocycles. The van der Waals surface area contributed by atoms with E-state index in [0.717, 1.165) is 24.2 Å². The average Bonchev–Trinajstić information content (AvgIpc) is 3.07. The van der Waals surface area contributed by atoms with E-state index >= 15 is 0 Å². The Labute approximate surface area is 141 Å². The van der Waals surface area contributed by atoms with Gasteiger partial charge in [0.25, 0.3) is 10.0 Å². The lowest BCUT2D eigenvalue weighted by Gasteiger charge is -2.28. The van der Waals surface area contributed by atoms with Crippen molar-refractivity contribution >= 4 is 21.6 Å². The van der Waals surface area contributed by atoms with Gasteiger partial charge < -0.3 is 9.64 Å². The highest BCUT2D eigenvalue weighted by Gasteiger charge is 2.28. The summed E-state index contributed by atoms with van der Waals surface area (Å²) in [7, 11) is -3.41. The zero-order valence-electron chi connectivity index (χ0n) is 13.3. The van der Waals surface area contributed by atoms with E-state index in [-0.39, 0.29) is 5.75 Å². The fraction of sp³-hybridized carbons (Fsp3) is 0.412. The summed E-state index contributed by atoms with van der Waals surface area (Å²) in [4.78, 5) is 6.17. The lowest BCUT2D eigenvalue weighted by molar-refractivity contribution is 0.210. The predicted molar refractivity (Wildman–Crippen MR) is 92.9 cm³/mol. The van der Waals surface area contributed by atoms with Crippen molar-refractivity contribution in [1.82, 2.24) is 4.90 Å². The minimum absolute atomic E-state index is 0.0300. The third-order valence-electron chi connectivity index (χ3n) is 4.48. The maximum Gasteiger partial charge on any atom is 0.256 e. The molecule has 1 fully saturated rings. The summed E-state index contributed by atoms with van der Waals surface area (Å²) in [6.07, 6.45) is 8.44. The molecule has 0 aromatic heterocycles. The van der Waals surface area contributed by atoms with Gasteiger partial charge in [-0.1, -0.05) is 0 Å². The lowest BCUT2D eigenvalue weighted by atomic mass is 10.1. The van der Waals surface area contributed by atoms with Gasteiger partial charge in [-0.15, -0.1) is 4.40 Å². The van der Waals surface area contributed by atoms with Crippen LogP contribution in [0.25, 0.3) is 0 Å². The van der Waals surface area contributed by atoms with Crippen LogP contribution in [0.15, 0.2) is 46.1 Å². The molecule has 1 saturated carbocycles. The number of amidine groups is 1. The van der Waals surface area contributed by atoms with Gasteiger partial charge in [-0.2, -0.15) is 0 Å². The van der Waals surface area contributed by atoms with Gasteiger partial charge in [-0.3, -0.25) is 4.99 Å². The van der Waals surface area contributed by atoms with Crippen molar-refractivity contribution in [3.8, 4) is 5.75 Å². The summed E-state index contributed by atoms with van der Waals surface area (Å²) in [5, 5.41) is 0. The molecule has 2 aliphatic heterocycles. The number of ether oxygens (including phenoxy) is 1. The fourth-order valence-electron chi connectivity index (χ4n) is 3.21. The number of rotatable bonds is 3. The Morgan fingerprint density at radius 2 is 1.88 bits per heavy atom. The summed E-state index contributed by atoms with van der Waals surface area (Å²) in [5.41, 5.74) is 1.41. The summed E-state index contributed by atoms with van der Waals surface area (Å²) in [6, 6.07) is 7.64. The Morgan fingerprint density at radius 3 is 2.62 bits per heavy atom. The van der Waals surface area contributed by atoms with Gasteiger partial charge >= 0.3 is 0 Å². The van der Waals surface area contributed by atoms with Crippen LogP contribution in [-0.2, 0) is 10.0 Å². The van der Waals surface area contributed by atoms with Gasteiger partial charge in [-0.25, -0.2) is 8.42 Å². The first-order valence-corrected chi connectivity index (χ1v) is 9.83. The van der Waals surface area contributed by atoms with E-state index in [1.54, 1.807) is 12.4 Å². The molecule has 0 amide bonds. The molecule has 0 bridgehead atoms. The average molecular weight is 345 g/mol. The van der Waals surface area contributed by atoms with Crippen LogP contribution < -0.4 is 4.74 Å². The standard InChI is InChI=1S/C17H19N3O3S/c21-24(22)12-11-20-10-9-18-16(17(20)19-24)13-5-7-15(8-6-13)23-14-3-1-2-4-14/h5-10,14H,1-4,11-12H2. The van der Waals surface area contributed by atoms with Crippen molar-refractivity contribution < 1.29 is 13.2 Å². The van der Waals surface area contributed by atoms with Crippen LogP contribution >= 0.6 is 0 Å². The molecule has 0 atom stereocenters. The van der Waals surface area contributed by atoms with Crippen LogP contribution in [0.3, 0.4) is 0 Å². The third kappa shape index (κ3) is 3.08. The van der Waals surface area contributed by atoms with Crippen LogP contribution in [0, 0.1) is 0 Å². The summed E-state index contributed by atoms with van der Waals surface area (Å²) >= 11 is 0. The van der Waals surface area contributed by atoms with Crippen LogP contribution in [0.2, 0.25) is 0 Å². The molecule has 24 heavy (non-hydrogen) atoms. The molecule has 0 N–H and O–H groups in total. The first-order chi connectivity index (χ1) is 11.6. The number of hydrogen-bond donors (Lipinski definition) is 0. The first kappa shape index (κ1) is 15.4. The van der Waals surface area contributed by atoms with E-state index in [1.165, 1.54) is 12.8 Å². The monoisotopic (exact) mass is 345 g/mol. The number of nitrogens with zero attached hydrogens (tertiary/aromatic N) is 3. The minimum atomic E-state index is -3.41. The molecule has 126 valence electrons. The van der Waals surface area contributed by atoms with E-state index in [4.69, 9.17) is 4.74 Å². The van der Waals surface area contributed by atoms with Crippen LogP contribution in [0.4, 0.5) is 0 Å². The molecule has 3 aliphatic rings. The molecule has 6 nitrogen and oxygen atoms in total. The van der Waals surface area contributed by atoms with E-state index in [2.05, 4.69) is 9.39 Å². The van der Waals surface area contributed by atoms with Crippen molar-refractivity contribution in [1.29, 1.82) is 0 Å². The van der Waals surface area contributed by atoms with Crippen LogP contribution in [-0.4, -0.2) is 43.3 Å². The Kier molecular flexibility index (Phi) is 3.88. The molecule has 7 heteroatoms. The third-order valence-corrected chi connectivity index (χ3v) is 5.63. The molecule has 1 aromatic carbocycles. The summed E-state index contributed by atoms with van der Waals surface area (Å²) < 4.78 is 33.5. The van der Waals surface area contributed by atoms with Gasteiger partial charge in [0.2, 0.25) is 0 Å². The lowest BCUT2D eigenvalue weighted by Crippen LogP contribution is -2.42. The van der Waals surface area contributed by atoms with E-state index in [1.807, 2.05) is 29.2 Å². The fourth-order valence-corrected chi connectivity index (χ4v) is 4.19. The molecule has 0 spiro atoms. The topological polar surface area (TPSA) is 71.3 Å². The zero-order valence-corrected chi connectivity index (χ0v) is 14.1. The van der Waals surface area contributed by atoms with Crippen molar-refractivity contribution in [3.05, 3.63) is 42.2 Å². The number of benzene rings is 1. The number of sulfonamides is 1. The van der Waals surface area contributed by atoms with Crippen LogP contribution in [0.1, 0.15) is 31.2 Å². The highest BCUT2D eigenvalue weighted by molar-refractivity contribution is 7.90. The van der Waals surface area contributed by atoms with Crippen molar-refractivity contribution in [2.24, 2.45) is 9.39 Å². The largest absolute Gasteiger partial charge is 0.490 e. The zero-order chi connectivity index (χ0) is 16.6. The second kappa shape index (κ2) is 6.05. The van der Waals surface area contributed by atoms with E-state index < -0.39 is 10.0 Å².